The summed E-state index contributed by atoms with van der Waals surface area (Å²) < 4.78 is 0. The van der Waals surface area contributed by atoms with Crippen LogP contribution in [0.3, 0.4) is 0 Å². The van der Waals surface area contributed by atoms with Crippen molar-refractivity contribution in [3.63, 3.8) is 0 Å². The van der Waals surface area contributed by atoms with Gasteiger partial charge in [0.2, 0.25) is 0 Å². The lowest BCUT2D eigenvalue weighted by Gasteiger charge is -2.13. The molecule has 0 aliphatic carbocycles. The first kappa shape index (κ1) is 10.7. The molecule has 4 heteroatoms. The summed E-state index contributed by atoms with van der Waals surface area (Å²) in [5, 5.41) is 8.64. The van der Waals surface area contributed by atoms with E-state index >= 15 is 0 Å². The lowest BCUT2D eigenvalue weighted by molar-refractivity contribution is -0.138. The van der Waals surface area contributed by atoms with Crippen LogP contribution in [0.25, 0.3) is 0 Å². The van der Waals surface area contributed by atoms with Gasteiger partial charge in [-0.3, -0.25) is 9.78 Å². The average Bonchev–Trinajstić information content (AvgIpc) is 2.19. The van der Waals surface area contributed by atoms with Crippen LogP contribution >= 0.6 is 0 Å². The van der Waals surface area contributed by atoms with Gasteiger partial charge in [0.05, 0.1) is 0 Å². The van der Waals surface area contributed by atoms with Gasteiger partial charge in [0.1, 0.15) is 6.04 Å². The fourth-order valence-corrected chi connectivity index (χ4v) is 1.29. The zero-order chi connectivity index (χ0) is 10.6. The third kappa shape index (κ3) is 2.81. The number of carboxylic acid groups (broad SMARTS) is 1. The highest BCUT2D eigenvalue weighted by molar-refractivity contribution is 5.73. The van der Waals surface area contributed by atoms with E-state index in [-0.39, 0.29) is 5.92 Å². The smallest absolute Gasteiger partial charge is 0.320 e. The topological polar surface area (TPSA) is 76.2 Å². The lowest BCUT2D eigenvalue weighted by atomic mass is 9.96. The second-order valence-electron chi connectivity index (χ2n) is 3.37. The molecule has 1 rings (SSSR count). The molecular weight excluding hydrogens is 180 g/mol. The molecule has 0 fully saturated rings. The first-order valence-electron chi connectivity index (χ1n) is 4.49. The maximum atomic E-state index is 10.5. The van der Waals surface area contributed by atoms with Crippen molar-refractivity contribution in [3.8, 4) is 0 Å². The predicted molar refractivity (Wildman–Crippen MR) is 52.9 cm³/mol. The fraction of sp³-hybridized carbons (Fsp3) is 0.400. The van der Waals surface area contributed by atoms with Crippen molar-refractivity contribution < 1.29 is 9.90 Å². The van der Waals surface area contributed by atoms with Crippen LogP contribution in [0, 0.1) is 0 Å². The molecule has 0 aromatic carbocycles. The molecule has 0 saturated carbocycles. The standard InChI is InChI=1S/C10H14N2O2/c1-7(5-9(11)10(13)14)8-3-2-4-12-6-8/h2-4,6-7,9H,5,11H2,1H3,(H,13,14). The number of hydrogen-bond donors (Lipinski definition) is 2. The van der Waals surface area contributed by atoms with E-state index in [0.717, 1.165) is 5.56 Å². The Morgan fingerprint density at radius 3 is 2.93 bits per heavy atom. The SMILES string of the molecule is CC(CC(N)C(=O)O)c1cccnc1. The van der Waals surface area contributed by atoms with Gasteiger partial charge >= 0.3 is 5.97 Å². The Morgan fingerprint density at radius 1 is 1.71 bits per heavy atom. The van der Waals surface area contributed by atoms with Crippen LogP contribution < -0.4 is 5.73 Å². The van der Waals surface area contributed by atoms with Crippen LogP contribution in [0.5, 0.6) is 0 Å². The van der Waals surface area contributed by atoms with E-state index in [1.807, 2.05) is 19.1 Å². The zero-order valence-electron chi connectivity index (χ0n) is 8.05. The molecule has 0 saturated heterocycles. The molecule has 0 bridgehead atoms. The minimum Gasteiger partial charge on any atom is -0.480 e. The zero-order valence-corrected chi connectivity index (χ0v) is 8.05. The highest BCUT2D eigenvalue weighted by Crippen LogP contribution is 2.18. The number of nitrogens with two attached hydrogens (primary N) is 1. The molecule has 1 heterocycles. The molecule has 0 aliphatic heterocycles. The Balaban J connectivity index is 2.59. The molecule has 4 nitrogen and oxygen atoms in total. The first-order valence-corrected chi connectivity index (χ1v) is 4.49. The van der Waals surface area contributed by atoms with E-state index < -0.39 is 12.0 Å². The van der Waals surface area contributed by atoms with E-state index in [1.54, 1.807) is 12.4 Å². The fourth-order valence-electron chi connectivity index (χ4n) is 1.29. The summed E-state index contributed by atoms with van der Waals surface area (Å²) in [6.45, 7) is 1.94. The summed E-state index contributed by atoms with van der Waals surface area (Å²) >= 11 is 0. The van der Waals surface area contributed by atoms with Crippen molar-refractivity contribution >= 4 is 5.97 Å². The third-order valence-corrected chi connectivity index (χ3v) is 2.18. The number of carbonyl (C=O) groups is 1. The number of nitrogens with zero attached hydrogens (tertiary/aromatic N) is 1. The molecule has 0 aliphatic rings. The van der Waals surface area contributed by atoms with Gasteiger partial charge in [-0.05, 0) is 24.0 Å². The van der Waals surface area contributed by atoms with Crippen molar-refractivity contribution in [3.05, 3.63) is 30.1 Å². The van der Waals surface area contributed by atoms with E-state index in [0.29, 0.717) is 6.42 Å². The number of hydrogen-bond acceptors (Lipinski definition) is 3. The Labute approximate surface area is 82.8 Å². The quantitative estimate of drug-likeness (QED) is 0.749. The largest absolute Gasteiger partial charge is 0.480 e. The normalized spacial score (nSPS) is 14.7. The van der Waals surface area contributed by atoms with E-state index in [4.69, 9.17) is 10.8 Å². The highest BCUT2D eigenvalue weighted by atomic mass is 16.4. The predicted octanol–water partition coefficient (Wildman–Crippen LogP) is 0.987. The van der Waals surface area contributed by atoms with E-state index in [2.05, 4.69) is 4.98 Å². The molecular formula is C10H14N2O2. The van der Waals surface area contributed by atoms with E-state index in [1.165, 1.54) is 0 Å². The molecule has 2 unspecified atom stereocenters. The molecule has 3 N–H and O–H groups in total. The average molecular weight is 194 g/mol. The third-order valence-electron chi connectivity index (χ3n) is 2.18. The maximum absolute atomic E-state index is 10.5. The molecule has 14 heavy (non-hydrogen) atoms. The number of rotatable bonds is 4. The van der Waals surface area contributed by atoms with Crippen LogP contribution in [0.4, 0.5) is 0 Å². The second-order valence-corrected chi connectivity index (χ2v) is 3.37. The number of aromatic nitrogens is 1. The molecule has 2 atom stereocenters. The van der Waals surface area contributed by atoms with Crippen molar-refractivity contribution in [1.82, 2.24) is 4.98 Å². The molecule has 76 valence electrons. The maximum Gasteiger partial charge on any atom is 0.320 e. The van der Waals surface area contributed by atoms with Gasteiger partial charge in [0.15, 0.2) is 0 Å². The second kappa shape index (κ2) is 4.72. The summed E-state index contributed by atoms with van der Waals surface area (Å²) in [6.07, 6.45) is 3.85. The van der Waals surface area contributed by atoms with Gasteiger partial charge in [-0.1, -0.05) is 13.0 Å². The van der Waals surface area contributed by atoms with Crippen molar-refractivity contribution in [2.24, 2.45) is 5.73 Å². The first-order chi connectivity index (χ1) is 6.61. The van der Waals surface area contributed by atoms with Gasteiger partial charge in [-0.2, -0.15) is 0 Å². The summed E-state index contributed by atoms with van der Waals surface area (Å²) in [7, 11) is 0. The summed E-state index contributed by atoms with van der Waals surface area (Å²) in [5.41, 5.74) is 6.45. The number of pyridine rings is 1. The van der Waals surface area contributed by atoms with Gasteiger partial charge < -0.3 is 10.8 Å². The molecule has 0 amide bonds. The lowest BCUT2D eigenvalue weighted by Crippen LogP contribution is -2.31. The van der Waals surface area contributed by atoms with Gasteiger partial charge in [-0.15, -0.1) is 0 Å². The van der Waals surface area contributed by atoms with Gasteiger partial charge in [-0.25, -0.2) is 0 Å². The molecule has 1 aromatic heterocycles. The monoisotopic (exact) mass is 194 g/mol. The van der Waals surface area contributed by atoms with Gasteiger partial charge in [0, 0.05) is 12.4 Å². The number of carboxylic acids is 1. The van der Waals surface area contributed by atoms with Crippen LogP contribution in [0.1, 0.15) is 24.8 Å². The molecule has 0 spiro atoms. The van der Waals surface area contributed by atoms with Crippen molar-refractivity contribution in [2.75, 3.05) is 0 Å². The Morgan fingerprint density at radius 2 is 2.43 bits per heavy atom. The minimum absolute atomic E-state index is 0.120. The van der Waals surface area contributed by atoms with Crippen LogP contribution in [0.2, 0.25) is 0 Å². The van der Waals surface area contributed by atoms with Crippen molar-refractivity contribution in [2.45, 2.75) is 25.3 Å². The number of aliphatic carboxylic acids is 1. The summed E-state index contributed by atoms with van der Waals surface area (Å²) in [6, 6.07) is 2.95. The van der Waals surface area contributed by atoms with Crippen LogP contribution in [0.15, 0.2) is 24.5 Å². The van der Waals surface area contributed by atoms with E-state index in [9.17, 15) is 4.79 Å². The summed E-state index contributed by atoms with van der Waals surface area (Å²) in [5.74, 6) is -0.837. The Bertz CT molecular complexity index is 300. The minimum atomic E-state index is -0.958. The summed E-state index contributed by atoms with van der Waals surface area (Å²) in [4.78, 5) is 14.5. The van der Waals surface area contributed by atoms with Crippen molar-refractivity contribution in [1.29, 1.82) is 0 Å². The van der Waals surface area contributed by atoms with Crippen LogP contribution in [-0.4, -0.2) is 22.1 Å². The molecule has 0 radical (unpaired) electrons. The molecule has 1 aromatic rings. The van der Waals surface area contributed by atoms with Crippen LogP contribution in [-0.2, 0) is 4.79 Å². The highest BCUT2D eigenvalue weighted by Gasteiger charge is 2.16. The Kier molecular flexibility index (Phi) is 3.59. The van der Waals surface area contributed by atoms with Gasteiger partial charge in [0.25, 0.3) is 0 Å². The Hall–Kier alpha value is -1.42.